The number of rotatable bonds is 12. The number of aliphatic hydroxyl groups is 1. The van der Waals surface area contributed by atoms with Crippen LogP contribution < -0.4 is 11.3 Å². The molecule has 228 valence electrons. The van der Waals surface area contributed by atoms with Gasteiger partial charge >= 0.3 is 44.7 Å². The maximum absolute atomic E-state index is 12.1. The number of phosphoric ester groups is 2. The van der Waals surface area contributed by atoms with Gasteiger partial charge in [0.15, 0.2) is 11.7 Å². The van der Waals surface area contributed by atoms with Gasteiger partial charge in [0.25, 0.3) is 0 Å². The van der Waals surface area contributed by atoms with Crippen LogP contribution in [0.25, 0.3) is 11.2 Å². The highest BCUT2D eigenvalue weighted by molar-refractivity contribution is 7.66. The van der Waals surface area contributed by atoms with Crippen molar-refractivity contribution in [3.05, 3.63) is 16.7 Å². The first kappa shape index (κ1) is 33.2. The third kappa shape index (κ3) is 8.87. The molecule has 3 heterocycles. The first-order valence-corrected chi connectivity index (χ1v) is 17.1. The predicted octanol–water partition coefficient (Wildman–Crippen LogP) is -2.10. The second-order valence-electron chi connectivity index (χ2n) is 7.33. The summed E-state index contributed by atoms with van der Waals surface area (Å²) < 4.78 is 83.4. The molecule has 11 N–H and O–H groups in total. The molecule has 1 saturated heterocycles. The SMILES string of the molecule is Nc1nc(=O)c2ncn([C@@H]3O[C@H](COP(=O)(O)OP(=O)(O)OP(=O)(O)O)[C@H](OP(=O)(O)OP(=O)(O)O)[C@H]3O)c2[nH]1. The Hall–Kier alpha value is -1.26. The normalized spacial score (nSPS) is 26.8. The molecule has 40 heavy (non-hydrogen) atoms. The van der Waals surface area contributed by atoms with Gasteiger partial charge < -0.3 is 54.8 Å². The van der Waals surface area contributed by atoms with E-state index in [0.29, 0.717) is 0 Å². The van der Waals surface area contributed by atoms with Crippen molar-refractivity contribution in [2.75, 3.05) is 12.3 Å². The van der Waals surface area contributed by atoms with E-state index in [1.165, 1.54) is 0 Å². The quantitative estimate of drug-likeness (QED) is 0.107. The molecule has 25 nitrogen and oxygen atoms in total. The highest BCUT2D eigenvalue weighted by Crippen LogP contribution is 2.66. The van der Waals surface area contributed by atoms with Crippen molar-refractivity contribution in [1.29, 1.82) is 0 Å². The fourth-order valence-electron chi connectivity index (χ4n) is 3.14. The number of imidazole rings is 1. The summed E-state index contributed by atoms with van der Waals surface area (Å²) in [5.74, 6) is -0.432. The molecular formula is C10H18N5O20P5. The van der Waals surface area contributed by atoms with Crippen LogP contribution in [0.5, 0.6) is 0 Å². The molecular weight excluding hydrogens is 665 g/mol. The molecule has 0 aromatic carbocycles. The molecule has 0 bridgehead atoms. The average Bonchev–Trinajstić information content (AvgIpc) is 3.23. The Morgan fingerprint density at radius 1 is 0.950 bits per heavy atom. The van der Waals surface area contributed by atoms with E-state index in [2.05, 4.69) is 36.9 Å². The number of hydrogen-bond donors (Lipinski definition) is 10. The van der Waals surface area contributed by atoms with Crippen LogP contribution >= 0.6 is 39.1 Å². The van der Waals surface area contributed by atoms with Crippen LogP contribution in [0.4, 0.5) is 5.95 Å². The van der Waals surface area contributed by atoms with Gasteiger partial charge in [0.05, 0.1) is 12.9 Å². The van der Waals surface area contributed by atoms with Crippen molar-refractivity contribution in [2.45, 2.75) is 24.5 Å². The highest BCUT2D eigenvalue weighted by Gasteiger charge is 2.51. The number of nitrogens with zero attached hydrogens (tertiary/aromatic N) is 3. The first-order chi connectivity index (χ1) is 18.0. The van der Waals surface area contributed by atoms with Crippen molar-refractivity contribution in [1.82, 2.24) is 19.5 Å². The lowest BCUT2D eigenvalue weighted by Crippen LogP contribution is -2.36. The number of anilines is 1. The summed E-state index contributed by atoms with van der Waals surface area (Å²) in [6.45, 7) is -1.37. The zero-order valence-electron chi connectivity index (χ0n) is 18.7. The van der Waals surface area contributed by atoms with E-state index in [9.17, 15) is 47.4 Å². The fraction of sp³-hybridized carbons (Fsp3) is 0.500. The van der Waals surface area contributed by atoms with E-state index >= 15 is 0 Å². The number of aromatic amines is 1. The summed E-state index contributed by atoms with van der Waals surface area (Å²) in [7, 11) is -28.9. The van der Waals surface area contributed by atoms with Gasteiger partial charge in [-0.25, -0.2) is 27.8 Å². The molecule has 0 saturated carbocycles. The van der Waals surface area contributed by atoms with Crippen LogP contribution in [-0.4, -0.2) is 83.8 Å². The number of aliphatic hydroxyl groups excluding tert-OH is 1. The van der Waals surface area contributed by atoms with Gasteiger partial charge in [0, 0.05) is 0 Å². The Morgan fingerprint density at radius 3 is 2.10 bits per heavy atom. The largest absolute Gasteiger partial charge is 0.490 e. The number of aromatic nitrogens is 4. The monoisotopic (exact) mass is 683 g/mol. The molecule has 1 aliphatic rings. The lowest BCUT2D eigenvalue weighted by atomic mass is 10.1. The summed E-state index contributed by atoms with van der Waals surface area (Å²) >= 11 is 0. The Balaban J connectivity index is 1.91. The van der Waals surface area contributed by atoms with E-state index in [-0.39, 0.29) is 11.2 Å². The van der Waals surface area contributed by atoms with Gasteiger partial charge in [-0.15, -0.1) is 0 Å². The van der Waals surface area contributed by atoms with Crippen LogP contribution in [0, 0.1) is 0 Å². The Morgan fingerprint density at radius 2 is 1.52 bits per heavy atom. The maximum atomic E-state index is 12.1. The van der Waals surface area contributed by atoms with E-state index in [4.69, 9.17) is 30.0 Å². The predicted molar refractivity (Wildman–Crippen MR) is 120 cm³/mol. The molecule has 0 amide bonds. The Kier molecular flexibility index (Phi) is 9.51. The van der Waals surface area contributed by atoms with Gasteiger partial charge in [-0.3, -0.25) is 18.4 Å². The fourth-order valence-corrected chi connectivity index (χ4v) is 7.97. The Bertz CT molecular complexity index is 1560. The number of nitrogen functional groups attached to an aromatic ring is 1. The second kappa shape index (κ2) is 11.4. The van der Waals surface area contributed by atoms with Crippen molar-refractivity contribution in [3.63, 3.8) is 0 Å². The average molecular weight is 683 g/mol. The molecule has 30 heteroatoms. The van der Waals surface area contributed by atoms with Gasteiger partial charge in [0.1, 0.15) is 24.0 Å². The molecule has 0 radical (unpaired) electrons. The summed E-state index contributed by atoms with van der Waals surface area (Å²) in [6.07, 6.45) is -7.32. The van der Waals surface area contributed by atoms with Crippen molar-refractivity contribution in [2.24, 2.45) is 0 Å². The van der Waals surface area contributed by atoms with Gasteiger partial charge in [-0.2, -0.15) is 17.9 Å². The number of H-pyrrole nitrogens is 1. The lowest BCUT2D eigenvalue weighted by molar-refractivity contribution is -0.0501. The molecule has 3 rings (SSSR count). The number of ether oxygens (including phenoxy) is 1. The summed E-state index contributed by atoms with van der Waals surface area (Å²) in [6, 6.07) is 0. The molecule has 0 spiro atoms. The molecule has 7 atom stereocenters. The second-order valence-corrected chi connectivity index (χ2v) is 14.5. The number of nitrogens with two attached hydrogens (primary N) is 1. The van der Waals surface area contributed by atoms with E-state index in [1.807, 2.05) is 0 Å². The summed E-state index contributed by atoms with van der Waals surface area (Å²) in [5.41, 5.74) is 3.94. The molecule has 2 aromatic rings. The first-order valence-electron chi connectivity index (χ1n) is 9.60. The van der Waals surface area contributed by atoms with Crippen LogP contribution in [-0.2, 0) is 49.5 Å². The van der Waals surface area contributed by atoms with Crippen LogP contribution in [0.1, 0.15) is 6.23 Å². The van der Waals surface area contributed by atoms with Crippen molar-refractivity contribution in [3.8, 4) is 0 Å². The van der Waals surface area contributed by atoms with E-state index < -0.39 is 81.8 Å². The summed E-state index contributed by atoms with van der Waals surface area (Å²) in [5, 5.41) is 10.8. The number of fused-ring (bicyclic) bond motifs is 1. The minimum absolute atomic E-state index is 0.243. The van der Waals surface area contributed by atoms with Crippen LogP contribution in [0.15, 0.2) is 11.1 Å². The van der Waals surface area contributed by atoms with Crippen molar-refractivity contribution >= 4 is 56.2 Å². The lowest BCUT2D eigenvalue weighted by Gasteiger charge is -2.23. The zero-order valence-corrected chi connectivity index (χ0v) is 23.2. The van der Waals surface area contributed by atoms with Gasteiger partial charge in [0.2, 0.25) is 5.95 Å². The van der Waals surface area contributed by atoms with Crippen molar-refractivity contribution < 1.29 is 88.9 Å². The molecule has 1 fully saturated rings. The van der Waals surface area contributed by atoms with Gasteiger partial charge in [-0.1, -0.05) is 0 Å². The third-order valence-electron chi connectivity index (χ3n) is 4.33. The summed E-state index contributed by atoms with van der Waals surface area (Å²) in [4.78, 5) is 85.0. The Labute approximate surface area is 218 Å². The van der Waals surface area contributed by atoms with Crippen LogP contribution in [0.3, 0.4) is 0 Å². The molecule has 3 unspecified atom stereocenters. The number of hydrogen-bond acceptors (Lipinski definition) is 16. The van der Waals surface area contributed by atoms with Crippen LogP contribution in [0.2, 0.25) is 0 Å². The molecule has 0 aliphatic carbocycles. The third-order valence-corrected chi connectivity index (χ3v) is 10.3. The van der Waals surface area contributed by atoms with E-state index in [0.717, 1.165) is 10.9 Å². The van der Waals surface area contributed by atoms with E-state index in [1.54, 1.807) is 0 Å². The standard InChI is InChI=1S/C10H18N5O20P5/c11-10-13-7-4(8(17)14-10)12-2-15(7)9-5(16)6(32-39(26,27)33-36(18,19)20)3(31-9)1-30-38(24,25)35-40(28,29)34-37(21,22)23/h2-3,5-6,9,16H,1H2,(H,24,25)(H,26,27)(H,28,29)(H2,18,19,20)(H2,21,22,23)(H3,11,13,14,17)/t3-,5-,6+,9-/m1/s1. The zero-order chi connectivity index (χ0) is 30.5. The number of nitrogens with one attached hydrogen (secondary N) is 1. The maximum Gasteiger partial charge on any atom is 0.490 e. The highest BCUT2D eigenvalue weighted by atomic mass is 31.3. The molecule has 2 aromatic heterocycles. The smallest absolute Gasteiger partial charge is 0.386 e. The minimum Gasteiger partial charge on any atom is -0.386 e. The minimum atomic E-state index is -5.95. The number of phosphoric acid groups is 5. The topological polar surface area (TPSA) is 392 Å². The van der Waals surface area contributed by atoms with Gasteiger partial charge in [-0.05, 0) is 0 Å². The molecule has 1 aliphatic heterocycles.